The van der Waals surface area contributed by atoms with Crippen LogP contribution in [0, 0.1) is 0 Å². The van der Waals surface area contributed by atoms with Gasteiger partial charge in [0.2, 0.25) is 5.82 Å². The molecule has 0 spiro atoms. The van der Waals surface area contributed by atoms with Crippen molar-refractivity contribution in [2.75, 3.05) is 13.1 Å². The van der Waals surface area contributed by atoms with Crippen molar-refractivity contribution in [2.45, 2.75) is 25.6 Å². The van der Waals surface area contributed by atoms with Crippen LogP contribution in [0.5, 0.6) is 0 Å². The third-order valence-corrected chi connectivity index (χ3v) is 4.28. The molecule has 0 aliphatic carbocycles. The summed E-state index contributed by atoms with van der Waals surface area (Å²) in [5.41, 5.74) is 1.40. The molecule has 0 aromatic carbocycles. The van der Waals surface area contributed by atoms with Gasteiger partial charge < -0.3 is 18.6 Å². The van der Waals surface area contributed by atoms with E-state index in [1.807, 2.05) is 12.1 Å². The van der Waals surface area contributed by atoms with E-state index in [9.17, 15) is 4.79 Å². The molecule has 26 heavy (non-hydrogen) atoms. The molecule has 1 aliphatic heterocycles. The number of piperidine rings is 1. The molecule has 0 N–H and O–H groups in total. The molecular weight excluding hydrogens is 336 g/mol. The average molecular weight is 354 g/mol. The maximum Gasteiger partial charge on any atom is 0.257 e. The fourth-order valence-corrected chi connectivity index (χ4v) is 2.95. The largest absolute Gasteiger partial charge is 0.472 e. The highest BCUT2D eigenvalue weighted by atomic mass is 16.5. The van der Waals surface area contributed by atoms with Crippen molar-refractivity contribution in [1.29, 1.82) is 0 Å². The highest BCUT2D eigenvalue weighted by molar-refractivity contribution is 5.93. The molecule has 3 aromatic heterocycles. The van der Waals surface area contributed by atoms with E-state index in [1.54, 1.807) is 23.4 Å². The van der Waals surface area contributed by atoms with E-state index in [-0.39, 0.29) is 18.6 Å². The van der Waals surface area contributed by atoms with Crippen LogP contribution in [-0.4, -0.2) is 45.1 Å². The van der Waals surface area contributed by atoms with Gasteiger partial charge in [-0.15, -0.1) is 0 Å². The zero-order chi connectivity index (χ0) is 17.8. The molecule has 1 saturated heterocycles. The Bertz CT molecular complexity index is 847. The highest BCUT2D eigenvalue weighted by Crippen LogP contribution is 2.19. The number of rotatable bonds is 5. The van der Waals surface area contributed by atoms with Crippen LogP contribution in [0.3, 0.4) is 0 Å². The van der Waals surface area contributed by atoms with Crippen LogP contribution in [0.4, 0.5) is 0 Å². The van der Waals surface area contributed by atoms with E-state index in [2.05, 4.69) is 15.1 Å². The van der Waals surface area contributed by atoms with Crippen LogP contribution in [0.1, 0.15) is 29.1 Å². The summed E-state index contributed by atoms with van der Waals surface area (Å²) in [7, 11) is 0. The molecule has 8 nitrogen and oxygen atoms in total. The predicted molar refractivity (Wildman–Crippen MR) is 90.0 cm³/mol. The minimum absolute atomic E-state index is 0.0372. The standard InChI is InChI=1S/C18H18N4O4/c23-18(14-5-9-24-11-14)22-8-1-2-15(10-22)25-12-16-20-17(21-26-16)13-3-6-19-7-4-13/h3-7,9,11,15H,1-2,8,10,12H2. The van der Waals surface area contributed by atoms with Gasteiger partial charge in [-0.1, -0.05) is 5.16 Å². The van der Waals surface area contributed by atoms with Gasteiger partial charge in [0, 0.05) is 31.0 Å². The van der Waals surface area contributed by atoms with Gasteiger partial charge in [0.25, 0.3) is 11.8 Å². The van der Waals surface area contributed by atoms with Crippen molar-refractivity contribution < 1.29 is 18.5 Å². The zero-order valence-corrected chi connectivity index (χ0v) is 14.1. The van der Waals surface area contributed by atoms with Gasteiger partial charge >= 0.3 is 0 Å². The monoisotopic (exact) mass is 354 g/mol. The number of pyridine rings is 1. The molecule has 0 radical (unpaired) electrons. The summed E-state index contributed by atoms with van der Waals surface area (Å²) in [4.78, 5) is 22.5. The minimum atomic E-state index is -0.0594. The second-order valence-corrected chi connectivity index (χ2v) is 6.09. The number of nitrogens with zero attached hydrogens (tertiary/aromatic N) is 4. The van der Waals surface area contributed by atoms with Crippen LogP contribution < -0.4 is 0 Å². The van der Waals surface area contributed by atoms with Crippen LogP contribution in [-0.2, 0) is 11.3 Å². The zero-order valence-electron chi connectivity index (χ0n) is 14.1. The lowest BCUT2D eigenvalue weighted by atomic mass is 10.1. The van der Waals surface area contributed by atoms with Crippen LogP contribution in [0.2, 0.25) is 0 Å². The number of amides is 1. The molecule has 1 unspecified atom stereocenters. The van der Waals surface area contributed by atoms with Crippen LogP contribution in [0.25, 0.3) is 11.4 Å². The smallest absolute Gasteiger partial charge is 0.257 e. The molecule has 0 bridgehead atoms. The van der Waals surface area contributed by atoms with E-state index < -0.39 is 0 Å². The lowest BCUT2D eigenvalue weighted by Gasteiger charge is -2.32. The number of hydrogen-bond donors (Lipinski definition) is 0. The fourth-order valence-electron chi connectivity index (χ4n) is 2.95. The van der Waals surface area contributed by atoms with Crippen molar-refractivity contribution >= 4 is 5.91 Å². The summed E-state index contributed by atoms with van der Waals surface area (Å²) in [6.45, 7) is 1.47. The molecule has 3 aromatic rings. The molecule has 1 atom stereocenters. The maximum atomic E-state index is 12.4. The predicted octanol–water partition coefficient (Wildman–Crippen LogP) is 2.55. The van der Waals surface area contributed by atoms with E-state index >= 15 is 0 Å². The van der Waals surface area contributed by atoms with Gasteiger partial charge in [0.1, 0.15) is 12.9 Å². The van der Waals surface area contributed by atoms with Crippen molar-refractivity contribution in [3.8, 4) is 11.4 Å². The molecular formula is C18H18N4O4. The van der Waals surface area contributed by atoms with Gasteiger partial charge in [-0.3, -0.25) is 9.78 Å². The first-order valence-electron chi connectivity index (χ1n) is 8.45. The number of ether oxygens (including phenoxy) is 1. The molecule has 8 heteroatoms. The lowest BCUT2D eigenvalue weighted by molar-refractivity contribution is -0.0153. The van der Waals surface area contributed by atoms with Crippen molar-refractivity contribution in [3.63, 3.8) is 0 Å². The summed E-state index contributed by atoms with van der Waals surface area (Å²) < 4.78 is 16.1. The average Bonchev–Trinajstić information content (AvgIpc) is 3.39. The van der Waals surface area contributed by atoms with Crippen molar-refractivity contribution in [2.24, 2.45) is 0 Å². The second kappa shape index (κ2) is 7.49. The molecule has 4 heterocycles. The highest BCUT2D eigenvalue weighted by Gasteiger charge is 2.26. The second-order valence-electron chi connectivity index (χ2n) is 6.09. The van der Waals surface area contributed by atoms with Crippen LogP contribution in [0.15, 0.2) is 52.1 Å². The lowest BCUT2D eigenvalue weighted by Crippen LogP contribution is -2.43. The van der Waals surface area contributed by atoms with E-state index in [0.717, 1.165) is 24.9 Å². The fraction of sp³-hybridized carbons (Fsp3) is 0.333. The number of hydrogen-bond acceptors (Lipinski definition) is 7. The number of furan rings is 1. The first kappa shape index (κ1) is 16.5. The van der Waals surface area contributed by atoms with Gasteiger partial charge in [0.15, 0.2) is 0 Å². The first-order valence-corrected chi connectivity index (χ1v) is 8.45. The quantitative estimate of drug-likeness (QED) is 0.695. The SMILES string of the molecule is O=C(c1ccoc1)N1CCCC(OCc2nc(-c3ccncc3)no2)C1. The Morgan fingerprint density at radius 2 is 2.19 bits per heavy atom. The Hall–Kier alpha value is -3.00. The normalized spacial score (nSPS) is 17.4. The first-order chi connectivity index (χ1) is 12.8. The molecule has 1 aliphatic rings. The summed E-state index contributed by atoms with van der Waals surface area (Å²) in [5.74, 6) is 0.881. The molecule has 134 valence electrons. The number of carbonyl (C=O) groups excluding carboxylic acids is 1. The Balaban J connectivity index is 1.33. The van der Waals surface area contributed by atoms with Gasteiger partial charge in [0.05, 0.1) is 17.9 Å². The Morgan fingerprint density at radius 3 is 3.00 bits per heavy atom. The third kappa shape index (κ3) is 3.65. The van der Waals surface area contributed by atoms with Gasteiger partial charge in [-0.25, -0.2) is 0 Å². The van der Waals surface area contributed by atoms with Gasteiger partial charge in [-0.05, 0) is 31.0 Å². The Morgan fingerprint density at radius 1 is 1.31 bits per heavy atom. The summed E-state index contributed by atoms with van der Waals surface area (Å²) >= 11 is 0. The summed E-state index contributed by atoms with van der Waals surface area (Å²) in [5, 5.41) is 3.96. The van der Waals surface area contributed by atoms with Crippen LogP contribution >= 0.6 is 0 Å². The molecule has 0 saturated carbocycles. The number of carbonyl (C=O) groups is 1. The Kier molecular flexibility index (Phi) is 4.74. The van der Waals surface area contributed by atoms with Crippen molar-refractivity contribution in [1.82, 2.24) is 20.0 Å². The van der Waals surface area contributed by atoms with E-state index in [0.29, 0.717) is 23.8 Å². The van der Waals surface area contributed by atoms with Gasteiger partial charge in [-0.2, -0.15) is 4.98 Å². The molecule has 1 fully saturated rings. The molecule has 4 rings (SSSR count). The number of aromatic nitrogens is 3. The van der Waals surface area contributed by atoms with Crippen molar-refractivity contribution in [3.05, 3.63) is 54.6 Å². The molecule has 1 amide bonds. The summed E-state index contributed by atoms with van der Waals surface area (Å²) in [6, 6.07) is 5.30. The summed E-state index contributed by atoms with van der Waals surface area (Å²) in [6.07, 6.45) is 8.04. The Labute approximate surface area is 149 Å². The third-order valence-electron chi connectivity index (χ3n) is 4.28. The topological polar surface area (TPSA) is 94.5 Å². The van der Waals surface area contributed by atoms with E-state index in [4.69, 9.17) is 13.7 Å². The van der Waals surface area contributed by atoms with E-state index in [1.165, 1.54) is 12.5 Å². The maximum absolute atomic E-state index is 12.4. The minimum Gasteiger partial charge on any atom is -0.472 e. The number of likely N-dealkylation sites (tertiary alicyclic amines) is 1.